The molecule has 0 aromatic rings. The lowest BCUT2D eigenvalue weighted by Gasteiger charge is -2.20. The molecule has 4 heteroatoms. The second-order valence-electron chi connectivity index (χ2n) is 3.81. The SMILES string of the molecule is CCCCCCCCC(Cl)(Cl)C(O)C#N. The van der Waals surface area contributed by atoms with Gasteiger partial charge in [0.1, 0.15) is 0 Å². The molecule has 88 valence electrons. The Morgan fingerprint density at radius 2 is 1.73 bits per heavy atom. The van der Waals surface area contributed by atoms with Gasteiger partial charge in [-0.15, -0.1) is 0 Å². The Bertz CT molecular complexity index is 201. The van der Waals surface area contributed by atoms with Crippen molar-refractivity contribution in [3.63, 3.8) is 0 Å². The molecule has 0 aliphatic carbocycles. The Balaban J connectivity index is 3.54. The van der Waals surface area contributed by atoms with Crippen molar-refractivity contribution < 1.29 is 5.11 Å². The third-order valence-electron chi connectivity index (χ3n) is 2.39. The predicted molar refractivity (Wildman–Crippen MR) is 64.0 cm³/mol. The molecule has 0 saturated heterocycles. The number of hydrogen-bond acceptors (Lipinski definition) is 2. The molecule has 0 spiro atoms. The number of nitriles is 1. The first kappa shape index (κ1) is 15.0. The number of halogens is 2. The van der Waals surface area contributed by atoms with Crippen LogP contribution < -0.4 is 0 Å². The summed E-state index contributed by atoms with van der Waals surface area (Å²) >= 11 is 11.6. The molecule has 0 aromatic heterocycles. The largest absolute Gasteiger partial charge is 0.375 e. The third kappa shape index (κ3) is 7.00. The smallest absolute Gasteiger partial charge is 0.173 e. The van der Waals surface area contributed by atoms with Crippen molar-refractivity contribution in [3.8, 4) is 6.07 Å². The lowest BCUT2D eigenvalue weighted by Crippen LogP contribution is -2.29. The minimum atomic E-state index is -1.31. The average Bonchev–Trinajstić information content (AvgIpc) is 2.22. The van der Waals surface area contributed by atoms with Gasteiger partial charge in [-0.1, -0.05) is 68.7 Å². The quantitative estimate of drug-likeness (QED) is 0.405. The fourth-order valence-corrected chi connectivity index (χ4v) is 1.74. The highest BCUT2D eigenvalue weighted by molar-refractivity contribution is 6.49. The van der Waals surface area contributed by atoms with Gasteiger partial charge in [0, 0.05) is 0 Å². The molecule has 1 unspecified atom stereocenters. The summed E-state index contributed by atoms with van der Waals surface area (Å²) < 4.78 is -1.31. The van der Waals surface area contributed by atoms with E-state index in [1.165, 1.54) is 25.7 Å². The predicted octanol–water partition coefficient (Wildman–Crippen LogP) is 3.80. The van der Waals surface area contributed by atoms with Crippen molar-refractivity contribution in [1.29, 1.82) is 5.26 Å². The second-order valence-corrected chi connectivity index (χ2v) is 5.35. The maximum Gasteiger partial charge on any atom is 0.173 e. The fourth-order valence-electron chi connectivity index (χ4n) is 1.37. The molecule has 0 saturated carbocycles. The van der Waals surface area contributed by atoms with E-state index >= 15 is 0 Å². The maximum absolute atomic E-state index is 9.20. The summed E-state index contributed by atoms with van der Waals surface area (Å²) in [5.74, 6) is 0. The van der Waals surface area contributed by atoms with Crippen LogP contribution in [0, 0.1) is 11.3 Å². The standard InChI is InChI=1S/C11H19Cl2NO/c1-2-3-4-5-6-7-8-11(12,13)10(15)9-14/h10,15H,2-8H2,1H3. The van der Waals surface area contributed by atoms with E-state index in [-0.39, 0.29) is 0 Å². The number of unbranched alkanes of at least 4 members (excludes halogenated alkanes) is 5. The zero-order chi connectivity index (χ0) is 11.7. The minimum absolute atomic E-state index is 0.469. The molecule has 0 heterocycles. The normalized spacial score (nSPS) is 13.5. The molecule has 0 radical (unpaired) electrons. The molecule has 0 aliphatic heterocycles. The fraction of sp³-hybridized carbons (Fsp3) is 0.909. The molecule has 1 atom stereocenters. The molecule has 2 nitrogen and oxygen atoms in total. The second kappa shape index (κ2) is 8.21. The van der Waals surface area contributed by atoms with Gasteiger partial charge in [0.15, 0.2) is 10.4 Å². The van der Waals surface area contributed by atoms with E-state index in [1.807, 2.05) is 0 Å². The molecule has 0 bridgehead atoms. The van der Waals surface area contributed by atoms with Gasteiger partial charge in [-0.3, -0.25) is 0 Å². The van der Waals surface area contributed by atoms with E-state index in [4.69, 9.17) is 28.5 Å². The number of aliphatic hydroxyl groups excluding tert-OH is 1. The summed E-state index contributed by atoms with van der Waals surface area (Å²) in [4.78, 5) is 0. The average molecular weight is 252 g/mol. The maximum atomic E-state index is 9.20. The van der Waals surface area contributed by atoms with E-state index in [0.29, 0.717) is 6.42 Å². The highest BCUT2D eigenvalue weighted by atomic mass is 35.5. The van der Waals surface area contributed by atoms with Gasteiger partial charge in [0.05, 0.1) is 6.07 Å². The van der Waals surface area contributed by atoms with E-state index in [0.717, 1.165) is 12.8 Å². The van der Waals surface area contributed by atoms with E-state index < -0.39 is 10.4 Å². The van der Waals surface area contributed by atoms with E-state index in [9.17, 15) is 5.11 Å². The monoisotopic (exact) mass is 251 g/mol. The first-order valence-corrected chi connectivity index (χ1v) is 6.25. The number of rotatable bonds is 8. The summed E-state index contributed by atoms with van der Waals surface area (Å²) in [5.41, 5.74) is 0. The van der Waals surface area contributed by atoms with Crippen LogP contribution in [0.15, 0.2) is 0 Å². The van der Waals surface area contributed by atoms with Gasteiger partial charge in [-0.2, -0.15) is 5.26 Å². The lowest BCUT2D eigenvalue weighted by atomic mass is 10.1. The first-order valence-electron chi connectivity index (χ1n) is 5.50. The molecular formula is C11H19Cl2NO. The van der Waals surface area contributed by atoms with E-state index in [2.05, 4.69) is 6.92 Å². The van der Waals surface area contributed by atoms with Crippen LogP contribution in [-0.4, -0.2) is 15.5 Å². The third-order valence-corrected chi connectivity index (χ3v) is 3.18. The molecule has 15 heavy (non-hydrogen) atoms. The zero-order valence-corrected chi connectivity index (χ0v) is 10.7. The Labute approximate surface area is 102 Å². The topological polar surface area (TPSA) is 44.0 Å². The van der Waals surface area contributed by atoms with Crippen LogP contribution in [0.4, 0.5) is 0 Å². The summed E-state index contributed by atoms with van der Waals surface area (Å²) in [6, 6.07) is 1.66. The highest BCUT2D eigenvalue weighted by Crippen LogP contribution is 2.31. The number of aliphatic hydroxyl groups is 1. The zero-order valence-electron chi connectivity index (χ0n) is 9.18. The number of alkyl halides is 2. The molecule has 0 rings (SSSR count). The molecule has 0 aromatic carbocycles. The van der Waals surface area contributed by atoms with Crippen LogP contribution in [0.5, 0.6) is 0 Å². The van der Waals surface area contributed by atoms with Crippen LogP contribution in [0.25, 0.3) is 0 Å². The molecule has 1 N–H and O–H groups in total. The van der Waals surface area contributed by atoms with Gasteiger partial charge in [-0.05, 0) is 6.42 Å². The first-order chi connectivity index (χ1) is 7.04. The molecule has 0 amide bonds. The Hall–Kier alpha value is 0.0300. The van der Waals surface area contributed by atoms with Crippen molar-refractivity contribution in [2.24, 2.45) is 0 Å². The molecular weight excluding hydrogens is 233 g/mol. The van der Waals surface area contributed by atoms with Gasteiger partial charge < -0.3 is 5.11 Å². The Morgan fingerprint density at radius 1 is 1.20 bits per heavy atom. The van der Waals surface area contributed by atoms with Crippen LogP contribution in [0.1, 0.15) is 51.9 Å². The van der Waals surface area contributed by atoms with E-state index in [1.54, 1.807) is 6.07 Å². The Morgan fingerprint density at radius 3 is 2.27 bits per heavy atom. The molecule has 0 fully saturated rings. The van der Waals surface area contributed by atoms with Crippen molar-refractivity contribution in [2.45, 2.75) is 62.3 Å². The van der Waals surface area contributed by atoms with Crippen LogP contribution in [-0.2, 0) is 0 Å². The van der Waals surface area contributed by atoms with Crippen LogP contribution >= 0.6 is 23.2 Å². The number of nitrogens with zero attached hydrogens (tertiary/aromatic N) is 1. The molecule has 0 aliphatic rings. The summed E-state index contributed by atoms with van der Waals surface area (Å²) in [5, 5.41) is 17.7. The summed E-state index contributed by atoms with van der Waals surface area (Å²) in [6.45, 7) is 2.17. The number of hydrogen-bond donors (Lipinski definition) is 1. The van der Waals surface area contributed by atoms with Gasteiger partial charge in [0.25, 0.3) is 0 Å². The van der Waals surface area contributed by atoms with Crippen molar-refractivity contribution in [3.05, 3.63) is 0 Å². The van der Waals surface area contributed by atoms with Gasteiger partial charge >= 0.3 is 0 Å². The lowest BCUT2D eigenvalue weighted by molar-refractivity contribution is 0.204. The van der Waals surface area contributed by atoms with Crippen molar-refractivity contribution in [2.75, 3.05) is 0 Å². The minimum Gasteiger partial charge on any atom is -0.375 e. The Kier molecular flexibility index (Phi) is 8.23. The van der Waals surface area contributed by atoms with Gasteiger partial charge in [-0.25, -0.2) is 0 Å². The van der Waals surface area contributed by atoms with Crippen molar-refractivity contribution >= 4 is 23.2 Å². The van der Waals surface area contributed by atoms with Crippen LogP contribution in [0.3, 0.4) is 0 Å². The van der Waals surface area contributed by atoms with Crippen LogP contribution in [0.2, 0.25) is 0 Å². The van der Waals surface area contributed by atoms with Gasteiger partial charge in [0.2, 0.25) is 0 Å². The summed E-state index contributed by atoms with van der Waals surface area (Å²) in [7, 11) is 0. The van der Waals surface area contributed by atoms with Crippen molar-refractivity contribution in [1.82, 2.24) is 0 Å². The highest BCUT2D eigenvalue weighted by Gasteiger charge is 2.32. The summed E-state index contributed by atoms with van der Waals surface area (Å²) in [6.07, 6.45) is 5.97.